The number of urea groups is 1. The Hall–Kier alpha value is -3.37. The Morgan fingerprint density at radius 1 is 1.24 bits per heavy atom. The highest BCUT2D eigenvalue weighted by molar-refractivity contribution is 6.30. The van der Waals surface area contributed by atoms with Crippen LogP contribution >= 0.6 is 11.6 Å². The van der Waals surface area contributed by atoms with Crippen LogP contribution in [0, 0.1) is 5.41 Å². The maximum atomic E-state index is 13.0. The number of carbonyl (C=O) groups excluding carboxylic acids is 1. The summed E-state index contributed by atoms with van der Waals surface area (Å²) < 4.78 is 39.0. The number of benzene rings is 2. The van der Waals surface area contributed by atoms with Gasteiger partial charge in [-0.1, -0.05) is 55.8 Å². The maximum Gasteiger partial charge on any atom is 0.390 e. The van der Waals surface area contributed by atoms with Crippen LogP contribution in [0.4, 0.5) is 23.7 Å². The molecule has 0 bridgehead atoms. The third-order valence-electron chi connectivity index (χ3n) is 6.33. The lowest BCUT2D eigenvalue weighted by molar-refractivity contribution is -0.135. The molecule has 0 spiro atoms. The molecule has 11 heteroatoms. The average molecular weight is 549 g/mol. The molecule has 7 nitrogen and oxygen atoms in total. The van der Waals surface area contributed by atoms with Crippen molar-refractivity contribution >= 4 is 34.9 Å². The number of amidine groups is 1. The number of halogens is 4. The van der Waals surface area contributed by atoms with Crippen LogP contribution in [0.15, 0.2) is 64.8 Å². The fourth-order valence-electron chi connectivity index (χ4n) is 3.91. The predicted molar refractivity (Wildman–Crippen MR) is 145 cm³/mol. The normalized spacial score (nSPS) is 16.8. The van der Waals surface area contributed by atoms with E-state index in [1.165, 1.54) is 0 Å². The van der Waals surface area contributed by atoms with Gasteiger partial charge in [0.1, 0.15) is 5.84 Å². The van der Waals surface area contributed by atoms with E-state index < -0.39 is 25.2 Å². The Morgan fingerprint density at radius 2 is 1.95 bits per heavy atom. The quantitative estimate of drug-likeness (QED) is 0.250. The number of nitrogens with zero attached hydrogens (tertiary/aromatic N) is 2. The first-order valence-corrected chi connectivity index (χ1v) is 12.7. The number of nitrogens with one attached hydrogen (secondary N) is 3. The molecule has 0 radical (unpaired) electrons. The SMILES string of the molecule is CCC(C)c1ccc(C(=N)N(CCC(F)(F)F)C(=O)NC/C(N)=C2\CNCC2=Nc2cccc(Cl)c2)cc1. The average Bonchev–Trinajstić information content (AvgIpc) is 3.34. The second-order valence-electron chi connectivity index (χ2n) is 9.10. The molecule has 1 unspecified atom stereocenters. The zero-order chi connectivity index (χ0) is 27.9. The largest absolute Gasteiger partial charge is 0.400 e. The third-order valence-corrected chi connectivity index (χ3v) is 6.57. The number of carbonyl (C=O) groups is 1. The molecule has 38 heavy (non-hydrogen) atoms. The zero-order valence-electron chi connectivity index (χ0n) is 21.3. The van der Waals surface area contributed by atoms with Gasteiger partial charge < -0.3 is 16.4 Å². The van der Waals surface area contributed by atoms with Crippen LogP contribution in [0.5, 0.6) is 0 Å². The third kappa shape index (κ3) is 8.06. The monoisotopic (exact) mass is 548 g/mol. The number of aliphatic imine (C=N–C) groups is 1. The summed E-state index contributed by atoms with van der Waals surface area (Å²) in [5.41, 5.74) is 10.0. The molecule has 1 aliphatic heterocycles. The van der Waals surface area contributed by atoms with Crippen molar-refractivity contribution in [3.63, 3.8) is 0 Å². The van der Waals surface area contributed by atoms with Crippen LogP contribution in [-0.4, -0.2) is 54.8 Å². The fraction of sp³-hybridized carbons (Fsp3) is 0.370. The number of nitrogens with two attached hydrogens (primary N) is 1. The minimum Gasteiger partial charge on any atom is -0.400 e. The standard InChI is InChI=1S/C27H32ClF3N6O/c1-3-17(2)18-7-9-19(10-8-18)25(33)37(12-11-27(29,30)31)26(38)35-15-23(32)22-14-34-16-24(22)36-21-6-4-5-20(28)13-21/h4-10,13,17,33-34H,3,11-12,14-16,32H2,1-2H3,(H,35,38)/b23-22-,33-25?,36-24?. The van der Waals surface area contributed by atoms with E-state index in [4.69, 9.17) is 22.7 Å². The van der Waals surface area contributed by atoms with E-state index >= 15 is 0 Å². The highest BCUT2D eigenvalue weighted by atomic mass is 35.5. The topological polar surface area (TPSA) is 107 Å². The summed E-state index contributed by atoms with van der Waals surface area (Å²) in [5, 5.41) is 14.8. The first-order valence-electron chi connectivity index (χ1n) is 12.3. The lowest BCUT2D eigenvalue weighted by atomic mass is 9.97. The van der Waals surface area contributed by atoms with Crippen LogP contribution < -0.4 is 16.4 Å². The molecular formula is C27H32ClF3N6O. The molecule has 0 aliphatic carbocycles. The Morgan fingerprint density at radius 3 is 2.58 bits per heavy atom. The minimum atomic E-state index is -4.48. The van der Waals surface area contributed by atoms with Crippen LogP contribution in [0.3, 0.4) is 0 Å². The van der Waals surface area contributed by atoms with Crippen molar-refractivity contribution in [3.05, 3.63) is 76.0 Å². The molecule has 1 fully saturated rings. The highest BCUT2D eigenvalue weighted by Gasteiger charge is 2.31. The molecule has 2 aromatic rings. The second kappa shape index (κ2) is 12.9. The molecule has 1 atom stereocenters. The number of hydrogen-bond donors (Lipinski definition) is 4. The van der Waals surface area contributed by atoms with E-state index in [2.05, 4.69) is 29.5 Å². The van der Waals surface area contributed by atoms with Crippen LogP contribution in [-0.2, 0) is 0 Å². The summed E-state index contributed by atoms with van der Waals surface area (Å²) in [6.45, 7) is 4.20. The minimum absolute atomic E-state index is 0.118. The number of rotatable bonds is 8. The van der Waals surface area contributed by atoms with Crippen molar-refractivity contribution in [3.8, 4) is 0 Å². The van der Waals surface area contributed by atoms with E-state index in [1.807, 2.05) is 12.1 Å². The highest BCUT2D eigenvalue weighted by Crippen LogP contribution is 2.23. The number of alkyl halides is 3. The lowest BCUT2D eigenvalue weighted by Gasteiger charge is -2.25. The summed E-state index contributed by atoms with van der Waals surface area (Å²) in [6.07, 6.45) is -4.80. The van der Waals surface area contributed by atoms with Gasteiger partial charge in [0.25, 0.3) is 0 Å². The van der Waals surface area contributed by atoms with Gasteiger partial charge in [0.15, 0.2) is 0 Å². The summed E-state index contributed by atoms with van der Waals surface area (Å²) in [4.78, 5) is 18.4. The molecular weight excluding hydrogens is 517 g/mol. The van der Waals surface area contributed by atoms with Gasteiger partial charge in [0.2, 0.25) is 0 Å². The fourth-order valence-corrected chi connectivity index (χ4v) is 4.09. The molecule has 0 aromatic heterocycles. The van der Waals surface area contributed by atoms with Crippen LogP contribution in [0.2, 0.25) is 5.02 Å². The van der Waals surface area contributed by atoms with E-state index in [1.54, 1.807) is 36.4 Å². The summed E-state index contributed by atoms with van der Waals surface area (Å²) >= 11 is 6.03. The Balaban J connectivity index is 1.76. The number of amides is 2. The van der Waals surface area contributed by atoms with Gasteiger partial charge in [-0.25, -0.2) is 4.79 Å². The second-order valence-corrected chi connectivity index (χ2v) is 9.54. The molecule has 1 saturated heterocycles. The molecule has 1 aliphatic rings. The first kappa shape index (κ1) is 29.2. The van der Waals surface area contributed by atoms with Crippen molar-refractivity contribution in [2.24, 2.45) is 10.7 Å². The Bertz CT molecular complexity index is 1210. The molecule has 3 rings (SSSR count). The van der Waals surface area contributed by atoms with Crippen molar-refractivity contribution in [2.45, 2.75) is 38.8 Å². The van der Waals surface area contributed by atoms with E-state index in [-0.39, 0.29) is 12.4 Å². The van der Waals surface area contributed by atoms with Gasteiger partial charge in [-0.2, -0.15) is 13.2 Å². The predicted octanol–water partition coefficient (Wildman–Crippen LogP) is 5.73. The smallest absolute Gasteiger partial charge is 0.390 e. The summed E-state index contributed by atoms with van der Waals surface area (Å²) in [5.74, 6) is -0.0179. The number of hydrogen-bond acceptors (Lipinski definition) is 5. The molecule has 2 aromatic carbocycles. The van der Waals surface area contributed by atoms with E-state index in [9.17, 15) is 18.0 Å². The van der Waals surface area contributed by atoms with Gasteiger partial charge in [0, 0.05) is 41.5 Å². The van der Waals surface area contributed by atoms with E-state index in [0.29, 0.717) is 52.3 Å². The van der Waals surface area contributed by atoms with E-state index in [0.717, 1.165) is 16.9 Å². The van der Waals surface area contributed by atoms with Crippen molar-refractivity contribution in [2.75, 3.05) is 26.2 Å². The molecule has 2 amide bonds. The van der Waals surface area contributed by atoms with Gasteiger partial charge in [-0.05, 0) is 36.1 Å². The van der Waals surface area contributed by atoms with Gasteiger partial charge >= 0.3 is 12.2 Å². The van der Waals surface area contributed by atoms with Crippen molar-refractivity contribution < 1.29 is 18.0 Å². The summed E-state index contributed by atoms with van der Waals surface area (Å²) in [7, 11) is 0. The van der Waals surface area contributed by atoms with Crippen molar-refractivity contribution in [1.29, 1.82) is 5.41 Å². The Labute approximate surface area is 225 Å². The van der Waals surface area contributed by atoms with Gasteiger partial charge in [0.05, 0.1) is 24.4 Å². The Kier molecular flexibility index (Phi) is 9.93. The molecule has 1 heterocycles. The van der Waals surface area contributed by atoms with Crippen molar-refractivity contribution in [1.82, 2.24) is 15.5 Å². The van der Waals surface area contributed by atoms with Gasteiger partial charge in [-0.15, -0.1) is 0 Å². The van der Waals surface area contributed by atoms with Crippen LogP contribution in [0.25, 0.3) is 0 Å². The molecule has 0 saturated carbocycles. The lowest BCUT2D eigenvalue weighted by Crippen LogP contribution is -2.46. The van der Waals surface area contributed by atoms with Gasteiger partial charge in [-0.3, -0.25) is 15.3 Å². The summed E-state index contributed by atoms with van der Waals surface area (Å²) in [6, 6.07) is 13.1. The van der Waals surface area contributed by atoms with Crippen LogP contribution in [0.1, 0.15) is 43.7 Å². The molecule has 5 N–H and O–H groups in total. The maximum absolute atomic E-state index is 13.0. The first-order chi connectivity index (χ1) is 18.0. The molecule has 204 valence electrons. The zero-order valence-corrected chi connectivity index (χ0v) is 22.1.